The van der Waals surface area contributed by atoms with Crippen LogP contribution < -0.4 is 4.72 Å². The van der Waals surface area contributed by atoms with Crippen LogP contribution in [0.2, 0.25) is 0 Å². The van der Waals surface area contributed by atoms with Gasteiger partial charge in [-0.15, -0.1) is 0 Å². The Morgan fingerprint density at radius 2 is 1.92 bits per heavy atom. The Morgan fingerprint density at radius 3 is 2.58 bits per heavy atom. The van der Waals surface area contributed by atoms with Gasteiger partial charge in [0.25, 0.3) is 10.0 Å². The number of aryl methyl sites for hydroxylation is 1. The molecule has 0 atom stereocenters. The van der Waals surface area contributed by atoms with E-state index in [1.54, 1.807) is 56.3 Å². The summed E-state index contributed by atoms with van der Waals surface area (Å²) >= 11 is 0. The van der Waals surface area contributed by atoms with E-state index in [-0.39, 0.29) is 22.6 Å². The summed E-state index contributed by atoms with van der Waals surface area (Å²) in [4.78, 5) is 18.7. The van der Waals surface area contributed by atoms with Crippen molar-refractivity contribution in [2.45, 2.75) is 38.1 Å². The molecule has 1 amide bonds. The lowest BCUT2D eigenvalue weighted by Crippen LogP contribution is -2.27. The number of benzene rings is 2. The van der Waals surface area contributed by atoms with E-state index >= 15 is 0 Å². The van der Waals surface area contributed by atoms with Crippen LogP contribution >= 0.6 is 0 Å². The van der Waals surface area contributed by atoms with Gasteiger partial charge in [0.15, 0.2) is 0 Å². The number of nitrogens with one attached hydrogen (secondary N) is 1. The number of amides is 1. The third-order valence-electron chi connectivity index (χ3n) is 6.35. The van der Waals surface area contributed by atoms with Crippen LogP contribution in [0.3, 0.4) is 0 Å². The molecule has 1 fully saturated rings. The van der Waals surface area contributed by atoms with E-state index in [9.17, 15) is 13.2 Å². The zero-order valence-electron chi connectivity index (χ0n) is 20.2. The van der Waals surface area contributed by atoms with Gasteiger partial charge in [-0.3, -0.25) is 4.79 Å². The Labute approximate surface area is 209 Å². The number of hydrogen-bond donors (Lipinski definition) is 1. The van der Waals surface area contributed by atoms with Crippen molar-refractivity contribution in [3.8, 4) is 22.6 Å². The number of aromatic nitrogens is 2. The smallest absolute Gasteiger partial charge is 0.264 e. The Hall–Kier alpha value is -3.92. The van der Waals surface area contributed by atoms with Crippen LogP contribution in [0.4, 0.5) is 5.88 Å². The van der Waals surface area contributed by atoms with Crippen LogP contribution in [0.1, 0.15) is 29.7 Å². The molecule has 0 unspecified atom stereocenters. The molecule has 1 aliphatic carbocycles. The molecule has 1 saturated carbocycles. The van der Waals surface area contributed by atoms with E-state index in [1.807, 2.05) is 18.2 Å². The molecule has 5 rings (SSSR count). The maximum Gasteiger partial charge on any atom is 0.264 e. The van der Waals surface area contributed by atoms with Crippen molar-refractivity contribution in [1.82, 2.24) is 15.0 Å². The van der Waals surface area contributed by atoms with Gasteiger partial charge in [0.1, 0.15) is 6.26 Å². The van der Waals surface area contributed by atoms with Crippen LogP contribution in [-0.4, -0.2) is 36.4 Å². The number of carbonyl (C=O) groups excluding carboxylic acids is 1. The van der Waals surface area contributed by atoms with Crippen molar-refractivity contribution in [1.29, 1.82) is 0 Å². The second-order valence-electron chi connectivity index (χ2n) is 9.00. The quantitative estimate of drug-likeness (QED) is 0.365. The molecule has 186 valence electrons. The Kier molecular flexibility index (Phi) is 6.13. The maximum absolute atomic E-state index is 13.5. The average molecular weight is 507 g/mol. The number of sulfonamides is 1. The molecular weight excluding hydrogens is 480 g/mol. The van der Waals surface area contributed by atoms with Gasteiger partial charge in [0.05, 0.1) is 16.8 Å². The number of nitrogens with zero attached hydrogens (tertiary/aromatic N) is 3. The Bertz CT molecular complexity index is 1520. The van der Waals surface area contributed by atoms with E-state index in [4.69, 9.17) is 8.94 Å². The van der Waals surface area contributed by atoms with Crippen molar-refractivity contribution < 1.29 is 22.2 Å². The summed E-state index contributed by atoms with van der Waals surface area (Å²) in [5.41, 5.74) is 3.92. The van der Waals surface area contributed by atoms with Gasteiger partial charge < -0.3 is 13.8 Å². The zero-order chi connectivity index (χ0) is 25.4. The fourth-order valence-electron chi connectivity index (χ4n) is 4.07. The minimum Gasteiger partial charge on any atom is -0.445 e. The molecule has 10 heteroatoms. The summed E-state index contributed by atoms with van der Waals surface area (Å²) in [5, 5.41) is 3.84. The number of hydrogen-bond acceptors (Lipinski definition) is 7. The lowest BCUT2D eigenvalue weighted by atomic mass is 9.96. The predicted octanol–water partition coefficient (Wildman–Crippen LogP) is 4.78. The van der Waals surface area contributed by atoms with Crippen LogP contribution in [0.15, 0.2) is 68.8 Å². The minimum absolute atomic E-state index is 0.0684. The van der Waals surface area contributed by atoms with Crippen molar-refractivity contribution in [3.05, 3.63) is 71.7 Å². The third kappa shape index (κ3) is 4.64. The molecule has 0 spiro atoms. The molecule has 0 aliphatic heterocycles. The summed E-state index contributed by atoms with van der Waals surface area (Å²) in [6, 6.07) is 12.3. The highest BCUT2D eigenvalue weighted by molar-refractivity contribution is 7.92. The SMILES string of the molecule is Cc1noc(NS(=O)(=O)c2ccccc2-c2ccc(-c3ncco3)cc2CN(C)C(=O)C2CC2)c1C. The largest absolute Gasteiger partial charge is 0.445 e. The normalized spacial score (nSPS) is 13.5. The third-order valence-corrected chi connectivity index (χ3v) is 7.73. The van der Waals surface area contributed by atoms with Crippen molar-refractivity contribution in [3.63, 3.8) is 0 Å². The second kappa shape index (κ2) is 9.27. The van der Waals surface area contributed by atoms with E-state index in [1.165, 1.54) is 6.26 Å². The Morgan fingerprint density at radius 1 is 1.14 bits per heavy atom. The molecule has 36 heavy (non-hydrogen) atoms. The highest BCUT2D eigenvalue weighted by atomic mass is 32.2. The Balaban J connectivity index is 1.58. The van der Waals surface area contributed by atoms with Gasteiger partial charge in [-0.05, 0) is 56.0 Å². The molecule has 2 aromatic heterocycles. The van der Waals surface area contributed by atoms with Crippen molar-refractivity contribution in [2.24, 2.45) is 5.92 Å². The average Bonchev–Trinajstić information content (AvgIpc) is 3.49. The van der Waals surface area contributed by atoms with Crippen molar-refractivity contribution >= 4 is 21.8 Å². The summed E-state index contributed by atoms with van der Waals surface area (Å²) in [6.45, 7) is 3.79. The van der Waals surface area contributed by atoms with Crippen LogP contribution in [0.25, 0.3) is 22.6 Å². The van der Waals surface area contributed by atoms with Gasteiger partial charge in [0, 0.05) is 36.2 Å². The van der Waals surface area contributed by atoms with Gasteiger partial charge in [0.2, 0.25) is 17.7 Å². The topological polar surface area (TPSA) is 119 Å². The lowest BCUT2D eigenvalue weighted by Gasteiger charge is -2.21. The van der Waals surface area contributed by atoms with Crippen LogP contribution in [0.5, 0.6) is 0 Å². The summed E-state index contributed by atoms with van der Waals surface area (Å²) in [6.07, 6.45) is 4.86. The minimum atomic E-state index is -4.01. The first kappa shape index (κ1) is 23.8. The summed E-state index contributed by atoms with van der Waals surface area (Å²) in [7, 11) is -2.25. The fraction of sp³-hybridized carbons (Fsp3) is 0.269. The number of oxazole rings is 1. The second-order valence-corrected chi connectivity index (χ2v) is 10.7. The van der Waals surface area contributed by atoms with E-state index in [0.717, 1.165) is 24.0 Å². The summed E-state index contributed by atoms with van der Waals surface area (Å²) in [5.74, 6) is 0.675. The lowest BCUT2D eigenvalue weighted by molar-refractivity contribution is -0.131. The number of anilines is 1. The zero-order valence-corrected chi connectivity index (χ0v) is 21.0. The summed E-state index contributed by atoms with van der Waals surface area (Å²) < 4.78 is 40.1. The van der Waals surface area contributed by atoms with Crippen LogP contribution in [0, 0.1) is 19.8 Å². The number of rotatable bonds is 8. The molecule has 4 aromatic rings. The maximum atomic E-state index is 13.5. The van der Waals surface area contributed by atoms with Crippen molar-refractivity contribution in [2.75, 3.05) is 11.8 Å². The van der Waals surface area contributed by atoms with Gasteiger partial charge in [-0.25, -0.2) is 18.1 Å². The van der Waals surface area contributed by atoms with E-state index < -0.39 is 10.0 Å². The van der Waals surface area contributed by atoms with Gasteiger partial charge >= 0.3 is 0 Å². The highest BCUT2D eigenvalue weighted by Gasteiger charge is 2.32. The first-order valence-electron chi connectivity index (χ1n) is 11.6. The number of carbonyl (C=O) groups is 1. The molecule has 1 N–H and O–H groups in total. The first-order chi connectivity index (χ1) is 17.2. The monoisotopic (exact) mass is 506 g/mol. The molecule has 0 radical (unpaired) electrons. The fourth-order valence-corrected chi connectivity index (χ4v) is 5.34. The highest BCUT2D eigenvalue weighted by Crippen LogP contribution is 2.36. The molecular formula is C26H26N4O5S. The van der Waals surface area contributed by atoms with E-state index in [2.05, 4.69) is 14.9 Å². The molecule has 9 nitrogen and oxygen atoms in total. The van der Waals surface area contributed by atoms with E-state index in [0.29, 0.717) is 34.8 Å². The standard InChI is InChI=1S/C26H26N4O5S/c1-16-17(2)28-35-24(16)29-36(32,33)23-7-5-4-6-22(23)21-11-10-19(25-27-12-13-34-25)14-20(21)15-30(3)26(31)18-8-9-18/h4-7,10-14,18,29H,8-9,15H2,1-3H3. The predicted molar refractivity (Wildman–Crippen MR) is 133 cm³/mol. The molecule has 1 aliphatic rings. The van der Waals surface area contributed by atoms with Gasteiger partial charge in [-0.2, -0.15) is 0 Å². The molecule has 2 heterocycles. The molecule has 2 aromatic carbocycles. The molecule has 0 saturated heterocycles. The molecule has 0 bridgehead atoms. The van der Waals surface area contributed by atoms with Crippen LogP contribution in [-0.2, 0) is 21.4 Å². The van der Waals surface area contributed by atoms with Gasteiger partial charge in [-0.1, -0.05) is 29.4 Å². The first-order valence-corrected chi connectivity index (χ1v) is 13.1.